The Morgan fingerprint density at radius 3 is 2.62 bits per heavy atom. The molecule has 1 N–H and O–H groups in total. The van der Waals surface area contributed by atoms with Crippen LogP contribution in [0.3, 0.4) is 0 Å². The highest BCUT2D eigenvalue weighted by Crippen LogP contribution is 1.98. The number of aromatic carboxylic acids is 1. The summed E-state index contributed by atoms with van der Waals surface area (Å²) in [5.74, 6) is -1.65. The van der Waals surface area contributed by atoms with Crippen LogP contribution in [-0.4, -0.2) is 29.8 Å². The van der Waals surface area contributed by atoms with Gasteiger partial charge in [-0.2, -0.15) is 0 Å². The van der Waals surface area contributed by atoms with Crippen LogP contribution in [0.5, 0.6) is 0 Å². The van der Waals surface area contributed by atoms with Gasteiger partial charge in [-0.15, -0.1) is 0 Å². The molecule has 1 aromatic rings. The van der Waals surface area contributed by atoms with E-state index < -0.39 is 21.8 Å². The van der Waals surface area contributed by atoms with E-state index in [9.17, 15) is 17.8 Å². The van der Waals surface area contributed by atoms with Crippen LogP contribution < -0.4 is 4.57 Å². The molecule has 0 amide bonds. The molecule has 0 atom stereocenters. The molecule has 0 radical (unpaired) electrons. The second-order valence-corrected chi connectivity index (χ2v) is 4.84. The maximum absolute atomic E-state index is 10.7. The number of pyridine rings is 1. The lowest BCUT2D eigenvalue weighted by molar-refractivity contribution is -0.698. The molecule has 0 saturated carbocycles. The Morgan fingerprint density at radius 1 is 1.50 bits per heavy atom. The Kier molecular flexibility index (Phi) is 3.61. The number of hydrogen-bond donors (Lipinski definition) is 1. The fourth-order valence-electron chi connectivity index (χ4n) is 1.20. The van der Waals surface area contributed by atoms with E-state index in [0.29, 0.717) is 5.69 Å². The monoisotopic (exact) mass is 245 g/mol. The van der Waals surface area contributed by atoms with Gasteiger partial charge in [-0.25, -0.2) is 17.8 Å². The van der Waals surface area contributed by atoms with E-state index in [2.05, 4.69) is 0 Å². The maximum atomic E-state index is 10.7. The van der Waals surface area contributed by atoms with E-state index in [1.54, 1.807) is 13.0 Å². The number of carboxylic acids is 1. The van der Waals surface area contributed by atoms with Crippen LogP contribution in [0.1, 0.15) is 16.1 Å². The average molecular weight is 245 g/mol. The lowest BCUT2D eigenvalue weighted by Crippen LogP contribution is -2.40. The van der Waals surface area contributed by atoms with Crippen molar-refractivity contribution in [3.8, 4) is 0 Å². The van der Waals surface area contributed by atoms with Gasteiger partial charge in [-0.1, -0.05) is 0 Å². The Hall–Kier alpha value is -1.47. The Morgan fingerprint density at radius 2 is 2.12 bits per heavy atom. The third kappa shape index (κ3) is 3.59. The molecule has 6 nitrogen and oxygen atoms in total. The smallest absolute Gasteiger partial charge is 0.341 e. The third-order valence-electron chi connectivity index (χ3n) is 2.08. The second kappa shape index (κ2) is 4.58. The lowest BCUT2D eigenvalue weighted by atomic mass is 10.2. The zero-order valence-corrected chi connectivity index (χ0v) is 9.40. The van der Waals surface area contributed by atoms with Crippen molar-refractivity contribution in [1.29, 1.82) is 0 Å². The normalized spacial score (nSPS) is 11.4. The Bertz CT molecular complexity index is 509. The van der Waals surface area contributed by atoms with Crippen molar-refractivity contribution in [2.75, 3.05) is 5.75 Å². The number of rotatable bonds is 4. The van der Waals surface area contributed by atoms with Crippen LogP contribution in [0.25, 0.3) is 0 Å². The Balaban J connectivity index is 2.95. The maximum Gasteiger partial charge on any atom is 0.341 e. The molecule has 16 heavy (non-hydrogen) atoms. The van der Waals surface area contributed by atoms with E-state index >= 15 is 0 Å². The third-order valence-corrected chi connectivity index (χ3v) is 2.76. The summed E-state index contributed by atoms with van der Waals surface area (Å²) in [6.45, 7) is 1.65. The highest BCUT2D eigenvalue weighted by atomic mass is 32.2. The molecule has 0 saturated heterocycles. The van der Waals surface area contributed by atoms with Gasteiger partial charge in [0.2, 0.25) is 0 Å². The van der Waals surface area contributed by atoms with Gasteiger partial charge < -0.3 is 9.66 Å². The summed E-state index contributed by atoms with van der Waals surface area (Å²) in [5, 5.41) is 8.73. The molecule has 0 unspecified atom stereocenters. The van der Waals surface area contributed by atoms with Crippen LogP contribution in [0.4, 0.5) is 0 Å². The topological polar surface area (TPSA) is 98.4 Å². The summed E-state index contributed by atoms with van der Waals surface area (Å²) in [6, 6.07) is 2.97. The highest BCUT2D eigenvalue weighted by Gasteiger charge is 2.13. The van der Waals surface area contributed by atoms with Crippen LogP contribution in [0, 0.1) is 6.92 Å². The molecule has 1 aromatic heterocycles. The molecule has 0 aromatic carbocycles. The van der Waals surface area contributed by atoms with Crippen molar-refractivity contribution in [3.63, 3.8) is 0 Å². The van der Waals surface area contributed by atoms with Crippen molar-refractivity contribution < 1.29 is 27.4 Å². The quantitative estimate of drug-likeness (QED) is 0.571. The minimum absolute atomic E-state index is 0.0429. The van der Waals surface area contributed by atoms with Gasteiger partial charge in [-0.3, -0.25) is 0 Å². The van der Waals surface area contributed by atoms with E-state index in [0.717, 1.165) is 0 Å². The predicted octanol–water partition coefficient (Wildman–Crippen LogP) is -0.474. The number of aryl methyl sites for hydroxylation is 2. The van der Waals surface area contributed by atoms with Gasteiger partial charge in [-0.05, 0) is 6.07 Å². The van der Waals surface area contributed by atoms with Crippen molar-refractivity contribution in [1.82, 2.24) is 0 Å². The predicted molar refractivity (Wildman–Crippen MR) is 52.9 cm³/mol. The van der Waals surface area contributed by atoms with Gasteiger partial charge in [0.1, 0.15) is 15.7 Å². The molecule has 88 valence electrons. The average Bonchev–Trinajstić information content (AvgIpc) is 2.14. The van der Waals surface area contributed by atoms with Crippen molar-refractivity contribution in [2.24, 2.45) is 0 Å². The van der Waals surface area contributed by atoms with Gasteiger partial charge in [0.15, 0.2) is 18.4 Å². The molecule has 1 rings (SSSR count). The lowest BCUT2D eigenvalue weighted by Gasteiger charge is -2.05. The number of carbonyl (C=O) groups is 1. The number of aromatic nitrogens is 1. The fourth-order valence-corrected chi connectivity index (χ4v) is 1.62. The molecular formula is C9H11NO5S. The zero-order chi connectivity index (χ0) is 12.3. The fraction of sp³-hybridized carbons (Fsp3) is 0.333. The van der Waals surface area contributed by atoms with Crippen molar-refractivity contribution >= 4 is 16.1 Å². The van der Waals surface area contributed by atoms with Crippen LogP contribution in [0.15, 0.2) is 18.3 Å². The van der Waals surface area contributed by atoms with E-state index in [1.165, 1.54) is 16.8 Å². The first kappa shape index (κ1) is 12.6. The van der Waals surface area contributed by atoms with E-state index in [4.69, 9.17) is 5.11 Å². The van der Waals surface area contributed by atoms with Crippen LogP contribution in [-0.2, 0) is 16.7 Å². The highest BCUT2D eigenvalue weighted by molar-refractivity contribution is 7.85. The first-order valence-electron chi connectivity index (χ1n) is 4.46. The van der Waals surface area contributed by atoms with E-state index in [1.807, 2.05) is 0 Å². The summed E-state index contributed by atoms with van der Waals surface area (Å²) < 4.78 is 32.8. The summed E-state index contributed by atoms with van der Waals surface area (Å²) in [7, 11) is -4.29. The number of hydrogen-bond acceptors (Lipinski definition) is 4. The molecule has 0 aliphatic heterocycles. The molecular weight excluding hydrogens is 234 g/mol. The second-order valence-electron chi connectivity index (χ2n) is 3.32. The molecule has 0 aliphatic carbocycles. The van der Waals surface area contributed by atoms with Gasteiger partial charge in [0, 0.05) is 13.0 Å². The van der Waals surface area contributed by atoms with Crippen LogP contribution >= 0.6 is 0 Å². The first-order chi connectivity index (χ1) is 7.29. The minimum Gasteiger partial charge on any atom is -0.748 e. The van der Waals surface area contributed by atoms with Gasteiger partial charge in [0.25, 0.3) is 0 Å². The molecule has 0 aliphatic rings. The SMILES string of the molecule is Cc1ccc(C(=O)O)c[n+]1CCS(=O)(=O)[O-]. The number of carboxylic acid groups (broad SMARTS) is 1. The summed E-state index contributed by atoms with van der Waals surface area (Å²) in [6.07, 6.45) is 1.31. The number of nitrogens with zero attached hydrogens (tertiary/aromatic N) is 1. The molecule has 1 heterocycles. The largest absolute Gasteiger partial charge is 0.748 e. The molecule has 0 fully saturated rings. The molecule has 7 heteroatoms. The summed E-state index contributed by atoms with van der Waals surface area (Å²) in [5.41, 5.74) is 0.738. The van der Waals surface area contributed by atoms with Crippen molar-refractivity contribution in [2.45, 2.75) is 13.5 Å². The minimum atomic E-state index is -4.29. The van der Waals surface area contributed by atoms with Gasteiger partial charge >= 0.3 is 5.97 Å². The zero-order valence-electron chi connectivity index (χ0n) is 8.58. The van der Waals surface area contributed by atoms with E-state index in [-0.39, 0.29) is 12.1 Å². The van der Waals surface area contributed by atoms with Crippen LogP contribution in [0.2, 0.25) is 0 Å². The summed E-state index contributed by atoms with van der Waals surface area (Å²) in [4.78, 5) is 10.7. The summed E-state index contributed by atoms with van der Waals surface area (Å²) >= 11 is 0. The Labute approximate surface area is 92.9 Å². The first-order valence-corrected chi connectivity index (χ1v) is 6.04. The van der Waals surface area contributed by atoms with Crippen molar-refractivity contribution in [3.05, 3.63) is 29.6 Å². The molecule has 0 bridgehead atoms. The molecule has 0 spiro atoms. The van der Waals surface area contributed by atoms with Gasteiger partial charge in [0.05, 0.1) is 5.75 Å². The standard InChI is InChI=1S/C9H11NO5S/c1-7-2-3-8(9(11)12)6-10(7)4-5-16(13,14)15/h2-3,6H,4-5H2,1H3,(H-,11,12,13,14,15).